The molecule has 0 atom stereocenters. The molecular formula is C16H24N2O2. The van der Waals surface area contributed by atoms with E-state index in [-0.39, 0.29) is 5.54 Å². The number of carbonyl (C=O) groups excluding carboxylic acids is 1. The van der Waals surface area contributed by atoms with Crippen molar-refractivity contribution in [3.8, 4) is 0 Å². The van der Waals surface area contributed by atoms with Crippen LogP contribution in [0.5, 0.6) is 0 Å². The van der Waals surface area contributed by atoms with Crippen molar-refractivity contribution in [3.05, 3.63) is 28.8 Å². The zero-order valence-corrected chi connectivity index (χ0v) is 13.0. The molecule has 2 rings (SSSR count). The maximum absolute atomic E-state index is 11.9. The van der Waals surface area contributed by atoms with Crippen molar-refractivity contribution in [2.45, 2.75) is 58.6 Å². The Morgan fingerprint density at radius 3 is 2.40 bits per heavy atom. The third kappa shape index (κ3) is 3.31. The van der Waals surface area contributed by atoms with Crippen LogP contribution in [-0.4, -0.2) is 11.7 Å². The average Bonchev–Trinajstić information content (AvgIpc) is 3.01. The summed E-state index contributed by atoms with van der Waals surface area (Å²) < 4.78 is 5.30. The predicted octanol–water partition coefficient (Wildman–Crippen LogP) is 3.60. The second kappa shape index (κ2) is 4.77. The Kier molecular flexibility index (Phi) is 3.54. The lowest BCUT2D eigenvalue weighted by atomic mass is 9.98. The van der Waals surface area contributed by atoms with Crippen molar-refractivity contribution < 1.29 is 9.53 Å². The van der Waals surface area contributed by atoms with Crippen molar-refractivity contribution in [1.82, 2.24) is 0 Å². The Morgan fingerprint density at radius 2 is 1.90 bits per heavy atom. The van der Waals surface area contributed by atoms with Crippen molar-refractivity contribution in [2.24, 2.45) is 5.73 Å². The fraction of sp³-hybridized carbons (Fsp3) is 0.562. The van der Waals surface area contributed by atoms with Crippen LogP contribution in [0.1, 0.15) is 50.3 Å². The summed E-state index contributed by atoms with van der Waals surface area (Å²) in [5, 5.41) is 2.83. The number of benzene rings is 1. The minimum Gasteiger partial charge on any atom is -0.444 e. The zero-order chi connectivity index (χ0) is 15.1. The molecule has 1 aromatic rings. The van der Waals surface area contributed by atoms with Gasteiger partial charge in [-0.25, -0.2) is 4.79 Å². The van der Waals surface area contributed by atoms with E-state index in [9.17, 15) is 4.79 Å². The SMILES string of the molecule is Cc1cc(C2(N)CC2)cc(NC(=O)OC(C)(C)C)c1C. The summed E-state index contributed by atoms with van der Waals surface area (Å²) in [6.45, 7) is 9.56. The highest BCUT2D eigenvalue weighted by atomic mass is 16.6. The Morgan fingerprint density at radius 1 is 1.30 bits per heavy atom. The molecule has 0 unspecified atom stereocenters. The third-order valence-corrected chi connectivity index (χ3v) is 3.67. The normalized spacial score (nSPS) is 16.7. The smallest absolute Gasteiger partial charge is 0.412 e. The number of carbonyl (C=O) groups is 1. The van der Waals surface area contributed by atoms with Crippen LogP contribution in [0.3, 0.4) is 0 Å². The van der Waals surface area contributed by atoms with Gasteiger partial charge in [0, 0.05) is 11.2 Å². The van der Waals surface area contributed by atoms with Gasteiger partial charge in [-0.1, -0.05) is 6.07 Å². The van der Waals surface area contributed by atoms with Crippen molar-refractivity contribution in [3.63, 3.8) is 0 Å². The Bertz CT molecular complexity index is 540. The quantitative estimate of drug-likeness (QED) is 0.867. The number of aryl methyl sites for hydroxylation is 1. The standard InChI is InChI=1S/C16H24N2O2/c1-10-8-12(16(17)6-7-16)9-13(11(10)2)18-14(19)20-15(3,4)5/h8-9H,6-7,17H2,1-5H3,(H,18,19). The monoisotopic (exact) mass is 276 g/mol. The Labute approximate surface area is 120 Å². The molecule has 1 aliphatic rings. The van der Waals surface area contributed by atoms with Gasteiger partial charge in [-0.15, -0.1) is 0 Å². The van der Waals surface area contributed by atoms with Gasteiger partial charge < -0.3 is 10.5 Å². The van der Waals surface area contributed by atoms with Gasteiger partial charge in [-0.3, -0.25) is 5.32 Å². The van der Waals surface area contributed by atoms with E-state index in [1.165, 1.54) is 0 Å². The van der Waals surface area contributed by atoms with E-state index in [2.05, 4.69) is 11.4 Å². The summed E-state index contributed by atoms with van der Waals surface area (Å²) in [7, 11) is 0. The summed E-state index contributed by atoms with van der Waals surface area (Å²) in [6, 6.07) is 4.09. The Hall–Kier alpha value is -1.55. The van der Waals surface area contributed by atoms with E-state index in [1.807, 2.05) is 40.7 Å². The fourth-order valence-corrected chi connectivity index (χ4v) is 2.11. The van der Waals surface area contributed by atoms with Crippen LogP contribution in [0.15, 0.2) is 12.1 Å². The molecule has 1 aromatic carbocycles. The molecule has 3 N–H and O–H groups in total. The van der Waals surface area contributed by atoms with Crippen LogP contribution in [0, 0.1) is 13.8 Å². The van der Waals surface area contributed by atoms with Crippen LogP contribution >= 0.6 is 0 Å². The van der Waals surface area contributed by atoms with E-state index < -0.39 is 11.7 Å². The molecule has 20 heavy (non-hydrogen) atoms. The molecule has 0 radical (unpaired) electrons. The first-order valence-electron chi connectivity index (χ1n) is 7.01. The van der Waals surface area contributed by atoms with E-state index in [0.717, 1.165) is 35.2 Å². The molecule has 4 heteroatoms. The van der Waals surface area contributed by atoms with E-state index in [4.69, 9.17) is 10.5 Å². The van der Waals surface area contributed by atoms with Crippen molar-refractivity contribution in [2.75, 3.05) is 5.32 Å². The molecule has 0 aromatic heterocycles. The molecule has 1 amide bonds. The maximum Gasteiger partial charge on any atom is 0.412 e. The lowest BCUT2D eigenvalue weighted by Gasteiger charge is -2.21. The summed E-state index contributed by atoms with van der Waals surface area (Å²) >= 11 is 0. The number of ether oxygens (including phenoxy) is 1. The first-order chi connectivity index (χ1) is 9.11. The van der Waals surface area contributed by atoms with Gasteiger partial charge in [0.1, 0.15) is 5.60 Å². The average molecular weight is 276 g/mol. The van der Waals surface area contributed by atoms with Gasteiger partial charge in [0.2, 0.25) is 0 Å². The van der Waals surface area contributed by atoms with E-state index in [1.54, 1.807) is 0 Å². The van der Waals surface area contributed by atoms with Gasteiger partial charge in [-0.2, -0.15) is 0 Å². The number of rotatable bonds is 2. The highest BCUT2D eigenvalue weighted by Crippen LogP contribution is 2.44. The van der Waals surface area contributed by atoms with Crippen molar-refractivity contribution in [1.29, 1.82) is 0 Å². The van der Waals surface area contributed by atoms with Gasteiger partial charge in [0.15, 0.2) is 0 Å². The van der Waals surface area contributed by atoms with Crippen LogP contribution in [0.25, 0.3) is 0 Å². The van der Waals surface area contributed by atoms with Crippen LogP contribution < -0.4 is 11.1 Å². The largest absolute Gasteiger partial charge is 0.444 e. The highest BCUT2D eigenvalue weighted by molar-refractivity contribution is 5.86. The Balaban J connectivity index is 2.23. The molecule has 0 heterocycles. The molecule has 110 valence electrons. The summed E-state index contributed by atoms with van der Waals surface area (Å²) in [6.07, 6.45) is 1.57. The van der Waals surface area contributed by atoms with Gasteiger partial charge in [-0.05, 0) is 70.2 Å². The predicted molar refractivity (Wildman–Crippen MR) is 80.9 cm³/mol. The minimum atomic E-state index is -0.504. The van der Waals surface area contributed by atoms with Gasteiger partial charge in [0.05, 0.1) is 0 Å². The topological polar surface area (TPSA) is 64.3 Å². The number of amides is 1. The first-order valence-corrected chi connectivity index (χ1v) is 7.01. The minimum absolute atomic E-state index is 0.206. The molecule has 1 saturated carbocycles. The number of hydrogen-bond acceptors (Lipinski definition) is 3. The first kappa shape index (κ1) is 14.9. The number of nitrogens with two attached hydrogens (primary N) is 1. The number of anilines is 1. The molecule has 0 bridgehead atoms. The molecule has 4 nitrogen and oxygen atoms in total. The molecule has 0 aliphatic heterocycles. The molecular weight excluding hydrogens is 252 g/mol. The second-order valence-corrected chi connectivity index (χ2v) is 6.75. The van der Waals surface area contributed by atoms with Gasteiger partial charge in [0.25, 0.3) is 0 Å². The fourth-order valence-electron chi connectivity index (χ4n) is 2.11. The number of hydrogen-bond donors (Lipinski definition) is 2. The molecule has 0 spiro atoms. The third-order valence-electron chi connectivity index (χ3n) is 3.67. The summed E-state index contributed by atoms with van der Waals surface area (Å²) in [5.41, 5.74) is 9.58. The lowest BCUT2D eigenvalue weighted by Crippen LogP contribution is -2.28. The zero-order valence-electron chi connectivity index (χ0n) is 13.0. The number of nitrogens with one attached hydrogen (secondary N) is 1. The highest BCUT2D eigenvalue weighted by Gasteiger charge is 2.40. The summed E-state index contributed by atoms with van der Waals surface area (Å²) in [4.78, 5) is 11.9. The van der Waals surface area contributed by atoms with Crippen LogP contribution in [0.4, 0.5) is 10.5 Å². The van der Waals surface area contributed by atoms with Crippen LogP contribution in [0.2, 0.25) is 0 Å². The van der Waals surface area contributed by atoms with E-state index in [0.29, 0.717) is 0 Å². The van der Waals surface area contributed by atoms with Crippen LogP contribution in [-0.2, 0) is 10.3 Å². The van der Waals surface area contributed by atoms with E-state index >= 15 is 0 Å². The lowest BCUT2D eigenvalue weighted by molar-refractivity contribution is 0.0636. The molecule has 1 aliphatic carbocycles. The van der Waals surface area contributed by atoms with Crippen molar-refractivity contribution >= 4 is 11.8 Å². The maximum atomic E-state index is 11.9. The van der Waals surface area contributed by atoms with Gasteiger partial charge >= 0.3 is 6.09 Å². The summed E-state index contributed by atoms with van der Waals surface area (Å²) in [5.74, 6) is 0. The molecule has 1 fully saturated rings. The second-order valence-electron chi connectivity index (χ2n) is 6.75. The molecule has 0 saturated heterocycles.